The van der Waals surface area contributed by atoms with E-state index in [0.717, 1.165) is 12.8 Å². The summed E-state index contributed by atoms with van der Waals surface area (Å²) in [5.41, 5.74) is 1.29. The largest absolute Gasteiger partial charge is 0.344 e. The Hall–Kier alpha value is -1.76. The van der Waals surface area contributed by atoms with Gasteiger partial charge in [-0.1, -0.05) is 5.92 Å². The van der Waals surface area contributed by atoms with Crippen LogP contribution in [0.4, 0.5) is 0 Å². The van der Waals surface area contributed by atoms with Gasteiger partial charge >= 0.3 is 0 Å². The summed E-state index contributed by atoms with van der Waals surface area (Å²) in [7, 11) is 1.93. The van der Waals surface area contributed by atoms with Crippen molar-refractivity contribution in [3.05, 3.63) is 18.0 Å². The minimum absolute atomic E-state index is 0.0936. The van der Waals surface area contributed by atoms with Gasteiger partial charge in [-0.15, -0.1) is 0 Å². The van der Waals surface area contributed by atoms with E-state index in [1.54, 1.807) is 13.1 Å². The van der Waals surface area contributed by atoms with Gasteiger partial charge < -0.3 is 5.32 Å². The Labute approximate surface area is 95.0 Å². The van der Waals surface area contributed by atoms with E-state index in [1.807, 2.05) is 17.8 Å². The molecule has 2 rings (SSSR count). The number of nitrogens with zero attached hydrogens (tertiary/aromatic N) is 2. The maximum atomic E-state index is 11.3. The SMILES string of the molecule is CC#CC(=O)NCC1(c2ccnn2C)CC1. The normalized spacial score (nSPS) is 16.1. The second-order valence-corrected chi connectivity index (χ2v) is 4.18. The van der Waals surface area contributed by atoms with Gasteiger partial charge in [0.25, 0.3) is 5.91 Å². The van der Waals surface area contributed by atoms with Gasteiger partial charge in [0.15, 0.2) is 0 Å². The molecule has 4 heteroatoms. The molecule has 4 nitrogen and oxygen atoms in total. The minimum atomic E-state index is -0.198. The summed E-state index contributed by atoms with van der Waals surface area (Å²) in [4.78, 5) is 11.3. The number of aromatic nitrogens is 2. The fourth-order valence-electron chi connectivity index (χ4n) is 1.98. The number of aryl methyl sites for hydroxylation is 1. The molecule has 1 aliphatic carbocycles. The molecule has 0 unspecified atom stereocenters. The van der Waals surface area contributed by atoms with Gasteiger partial charge in [0.1, 0.15) is 0 Å². The Morgan fingerprint density at radius 2 is 2.44 bits per heavy atom. The molecular weight excluding hydrogens is 202 g/mol. The van der Waals surface area contributed by atoms with Crippen molar-refractivity contribution in [3.63, 3.8) is 0 Å². The molecule has 1 amide bonds. The van der Waals surface area contributed by atoms with Gasteiger partial charge in [0, 0.05) is 30.9 Å². The van der Waals surface area contributed by atoms with E-state index in [0.29, 0.717) is 6.54 Å². The predicted molar refractivity (Wildman–Crippen MR) is 60.6 cm³/mol. The lowest BCUT2D eigenvalue weighted by Gasteiger charge is -2.15. The second kappa shape index (κ2) is 4.01. The van der Waals surface area contributed by atoms with E-state index in [9.17, 15) is 4.79 Å². The van der Waals surface area contributed by atoms with E-state index in [-0.39, 0.29) is 11.3 Å². The number of hydrogen-bond acceptors (Lipinski definition) is 2. The lowest BCUT2D eigenvalue weighted by molar-refractivity contribution is -0.115. The highest BCUT2D eigenvalue weighted by atomic mass is 16.1. The van der Waals surface area contributed by atoms with Crippen molar-refractivity contribution in [1.29, 1.82) is 0 Å². The summed E-state index contributed by atoms with van der Waals surface area (Å²) in [5.74, 6) is 4.88. The molecule has 0 aromatic carbocycles. The summed E-state index contributed by atoms with van der Waals surface area (Å²) >= 11 is 0. The monoisotopic (exact) mass is 217 g/mol. The zero-order valence-electron chi connectivity index (χ0n) is 9.58. The maximum Gasteiger partial charge on any atom is 0.295 e. The lowest BCUT2D eigenvalue weighted by Crippen LogP contribution is -2.32. The number of carbonyl (C=O) groups excluding carboxylic acids is 1. The van der Waals surface area contributed by atoms with E-state index in [1.165, 1.54) is 5.69 Å². The molecule has 1 aromatic heterocycles. The van der Waals surface area contributed by atoms with Gasteiger partial charge in [-0.25, -0.2) is 0 Å². The van der Waals surface area contributed by atoms with Crippen LogP contribution in [0.15, 0.2) is 12.3 Å². The van der Waals surface area contributed by atoms with Gasteiger partial charge in [-0.05, 0) is 31.8 Å². The van der Waals surface area contributed by atoms with Gasteiger partial charge in [-0.2, -0.15) is 5.10 Å². The number of carbonyl (C=O) groups is 1. The fourth-order valence-corrected chi connectivity index (χ4v) is 1.98. The Balaban J connectivity index is 2.02. The smallest absolute Gasteiger partial charge is 0.295 e. The third-order valence-electron chi connectivity index (χ3n) is 3.04. The molecule has 1 aromatic rings. The predicted octanol–water partition coefficient (Wildman–Crippen LogP) is 0.591. The maximum absolute atomic E-state index is 11.3. The van der Waals surface area contributed by atoms with Crippen LogP contribution in [-0.2, 0) is 17.3 Å². The molecule has 16 heavy (non-hydrogen) atoms. The average molecular weight is 217 g/mol. The van der Waals surface area contributed by atoms with Crippen LogP contribution in [0.3, 0.4) is 0 Å². The van der Waals surface area contributed by atoms with Gasteiger partial charge in [0.05, 0.1) is 0 Å². The third kappa shape index (κ3) is 1.94. The van der Waals surface area contributed by atoms with Crippen LogP contribution in [0.25, 0.3) is 0 Å². The first kappa shape index (κ1) is 10.7. The number of nitrogens with one attached hydrogen (secondary N) is 1. The van der Waals surface area contributed by atoms with Gasteiger partial charge in [0.2, 0.25) is 0 Å². The fraction of sp³-hybridized carbons (Fsp3) is 0.500. The number of rotatable bonds is 3. The summed E-state index contributed by atoms with van der Waals surface area (Å²) in [6.07, 6.45) is 4.00. The summed E-state index contributed by atoms with van der Waals surface area (Å²) in [5, 5.41) is 7.01. The molecule has 1 N–H and O–H groups in total. The minimum Gasteiger partial charge on any atom is -0.344 e. The highest BCUT2D eigenvalue weighted by Crippen LogP contribution is 2.47. The van der Waals surface area contributed by atoms with Crippen LogP contribution >= 0.6 is 0 Å². The van der Waals surface area contributed by atoms with Crippen molar-refractivity contribution >= 4 is 5.91 Å². The molecule has 1 aliphatic rings. The van der Waals surface area contributed by atoms with E-state index < -0.39 is 0 Å². The third-order valence-corrected chi connectivity index (χ3v) is 3.04. The van der Waals surface area contributed by atoms with Crippen LogP contribution in [-0.4, -0.2) is 22.2 Å². The molecule has 0 bridgehead atoms. The second-order valence-electron chi connectivity index (χ2n) is 4.18. The van der Waals surface area contributed by atoms with Crippen molar-refractivity contribution in [2.45, 2.75) is 25.2 Å². The Kier molecular flexibility index (Phi) is 2.69. The number of hydrogen-bond donors (Lipinski definition) is 1. The molecule has 84 valence electrons. The lowest BCUT2D eigenvalue weighted by atomic mass is 10.0. The first-order valence-electron chi connectivity index (χ1n) is 5.37. The summed E-state index contributed by atoms with van der Waals surface area (Å²) in [6, 6.07) is 2.02. The first-order valence-corrected chi connectivity index (χ1v) is 5.37. The van der Waals surface area contributed by atoms with Crippen molar-refractivity contribution in [1.82, 2.24) is 15.1 Å². The van der Waals surface area contributed by atoms with Crippen LogP contribution < -0.4 is 5.32 Å². The molecule has 0 atom stereocenters. The van der Waals surface area contributed by atoms with E-state index >= 15 is 0 Å². The topological polar surface area (TPSA) is 46.9 Å². The zero-order valence-corrected chi connectivity index (χ0v) is 9.58. The summed E-state index contributed by atoms with van der Waals surface area (Å²) < 4.78 is 1.88. The van der Waals surface area contributed by atoms with E-state index in [4.69, 9.17) is 0 Å². The standard InChI is InChI=1S/C12H15N3O/c1-3-4-11(16)13-9-12(6-7-12)10-5-8-14-15(10)2/h5,8H,6-7,9H2,1-2H3,(H,13,16). The summed E-state index contributed by atoms with van der Waals surface area (Å²) in [6.45, 7) is 2.31. The molecule has 0 aliphatic heterocycles. The van der Waals surface area contributed by atoms with Crippen molar-refractivity contribution in [2.24, 2.45) is 7.05 Å². The highest BCUT2D eigenvalue weighted by molar-refractivity contribution is 5.93. The quantitative estimate of drug-likeness (QED) is 0.753. The van der Waals surface area contributed by atoms with Crippen LogP contribution in [0.5, 0.6) is 0 Å². The van der Waals surface area contributed by atoms with Crippen molar-refractivity contribution < 1.29 is 4.79 Å². The average Bonchev–Trinajstić information content (AvgIpc) is 2.92. The molecule has 1 heterocycles. The van der Waals surface area contributed by atoms with Crippen LogP contribution in [0.1, 0.15) is 25.5 Å². The van der Waals surface area contributed by atoms with Gasteiger partial charge in [-0.3, -0.25) is 9.48 Å². The Bertz CT molecular complexity index is 460. The molecule has 1 saturated carbocycles. The molecule has 0 spiro atoms. The van der Waals surface area contributed by atoms with Crippen LogP contribution in [0, 0.1) is 11.8 Å². The van der Waals surface area contributed by atoms with Crippen LogP contribution in [0.2, 0.25) is 0 Å². The molecular formula is C12H15N3O. The molecule has 1 fully saturated rings. The Morgan fingerprint density at radius 3 is 2.94 bits per heavy atom. The first-order chi connectivity index (χ1) is 7.68. The Morgan fingerprint density at radius 1 is 1.69 bits per heavy atom. The highest BCUT2D eigenvalue weighted by Gasteiger charge is 2.46. The number of amides is 1. The molecule has 0 radical (unpaired) electrons. The zero-order chi connectivity index (χ0) is 11.6. The van der Waals surface area contributed by atoms with Crippen molar-refractivity contribution in [3.8, 4) is 11.8 Å². The van der Waals surface area contributed by atoms with E-state index in [2.05, 4.69) is 22.3 Å². The van der Waals surface area contributed by atoms with Crippen molar-refractivity contribution in [2.75, 3.05) is 6.54 Å². The molecule has 0 saturated heterocycles.